The van der Waals surface area contributed by atoms with Gasteiger partial charge in [-0.05, 0) is 6.58 Å². The SMILES string of the molecule is [CH]=C([CH2])F. The Hall–Kier alpha value is -0.330. The van der Waals surface area contributed by atoms with Crippen LogP contribution in [0.3, 0.4) is 0 Å². The van der Waals surface area contributed by atoms with Crippen molar-refractivity contribution in [1.82, 2.24) is 0 Å². The second-order valence-electron chi connectivity index (χ2n) is 0.447. The zero-order valence-corrected chi connectivity index (χ0v) is 2.16. The molecule has 0 heterocycles. The third-order valence-electron chi connectivity index (χ3n) is 0. The molecule has 0 amide bonds. The third kappa shape index (κ3) is 6.88. The van der Waals surface area contributed by atoms with Gasteiger partial charge in [-0.3, -0.25) is 0 Å². The maximum atomic E-state index is 10.6. The summed E-state index contributed by atoms with van der Waals surface area (Å²) < 4.78 is 10.6. The summed E-state index contributed by atoms with van der Waals surface area (Å²) in [4.78, 5) is 0. The van der Waals surface area contributed by atoms with E-state index in [2.05, 4.69) is 13.5 Å². The minimum atomic E-state index is -0.833. The van der Waals surface area contributed by atoms with Crippen molar-refractivity contribution in [3.8, 4) is 0 Å². The van der Waals surface area contributed by atoms with Gasteiger partial charge in [0.05, 0.1) is 0 Å². The molecule has 0 saturated carbocycles. The summed E-state index contributed by atoms with van der Waals surface area (Å²) in [5.74, 6) is -0.833. The van der Waals surface area contributed by atoms with Gasteiger partial charge in [0.25, 0.3) is 0 Å². The Morgan fingerprint density at radius 1 is 2.00 bits per heavy atom. The molecule has 0 bridgehead atoms. The van der Waals surface area contributed by atoms with Crippen LogP contribution in [-0.2, 0) is 0 Å². The van der Waals surface area contributed by atoms with Crippen molar-refractivity contribution in [2.75, 3.05) is 0 Å². The molecule has 4 heavy (non-hydrogen) atoms. The molecule has 0 aliphatic heterocycles. The first kappa shape index (κ1) is 3.67. The van der Waals surface area contributed by atoms with Crippen molar-refractivity contribution in [3.05, 3.63) is 19.3 Å². The molecule has 0 N–H and O–H groups in total. The highest BCUT2D eigenvalue weighted by Gasteiger charge is 1.59. The predicted octanol–water partition coefficient (Wildman–Crippen LogP) is 1.11. The molecule has 0 unspecified atom stereocenters. The lowest BCUT2D eigenvalue weighted by Crippen LogP contribution is -1.40. The number of halogens is 1. The Morgan fingerprint density at radius 3 is 2.00 bits per heavy atom. The van der Waals surface area contributed by atoms with E-state index in [0.29, 0.717) is 0 Å². The van der Waals surface area contributed by atoms with Crippen LogP contribution in [0.4, 0.5) is 4.39 Å². The fraction of sp³-hybridized carbons (Fsp3) is 0. The fourth-order valence-corrected chi connectivity index (χ4v) is 0. The van der Waals surface area contributed by atoms with E-state index < -0.39 is 5.83 Å². The second kappa shape index (κ2) is 1.04. The highest BCUT2D eigenvalue weighted by molar-refractivity contribution is 4.77. The van der Waals surface area contributed by atoms with Gasteiger partial charge in [-0.25, -0.2) is 4.39 Å². The van der Waals surface area contributed by atoms with E-state index in [1.54, 1.807) is 0 Å². The molecule has 0 atom stereocenters. The van der Waals surface area contributed by atoms with Crippen LogP contribution in [0.5, 0.6) is 0 Å². The zero-order chi connectivity index (χ0) is 3.58. The lowest BCUT2D eigenvalue weighted by Gasteiger charge is -1.58. The molecule has 0 aromatic carbocycles. The molecule has 0 nitrogen and oxygen atoms in total. The van der Waals surface area contributed by atoms with Crippen LogP contribution in [0.2, 0.25) is 0 Å². The maximum absolute atomic E-state index is 10.6. The smallest absolute Gasteiger partial charge is 0.100 e. The van der Waals surface area contributed by atoms with Gasteiger partial charge < -0.3 is 0 Å². The molecule has 0 aliphatic rings. The number of allylic oxidation sites excluding steroid dienone is 1. The lowest BCUT2D eigenvalue weighted by molar-refractivity contribution is 0.667. The number of rotatable bonds is 0. The zero-order valence-electron chi connectivity index (χ0n) is 2.16. The highest BCUT2D eigenvalue weighted by Crippen LogP contribution is 1.78. The van der Waals surface area contributed by atoms with E-state index in [4.69, 9.17) is 0 Å². The summed E-state index contributed by atoms with van der Waals surface area (Å²) in [7, 11) is 0. The minimum absolute atomic E-state index is 0.833. The van der Waals surface area contributed by atoms with E-state index in [1.807, 2.05) is 0 Å². The summed E-state index contributed by atoms with van der Waals surface area (Å²) in [5, 5.41) is 0. The van der Waals surface area contributed by atoms with E-state index in [9.17, 15) is 4.39 Å². The summed E-state index contributed by atoms with van der Waals surface area (Å²) >= 11 is 0. The van der Waals surface area contributed by atoms with Crippen LogP contribution in [0.15, 0.2) is 5.83 Å². The van der Waals surface area contributed by atoms with Crippen molar-refractivity contribution >= 4 is 0 Å². The van der Waals surface area contributed by atoms with E-state index >= 15 is 0 Å². The van der Waals surface area contributed by atoms with Crippen molar-refractivity contribution in [2.24, 2.45) is 0 Å². The molecule has 0 spiro atoms. The molecule has 2 radical (unpaired) electrons. The van der Waals surface area contributed by atoms with Crippen LogP contribution in [0.25, 0.3) is 0 Å². The Bertz CT molecular complexity index is 26.3. The van der Waals surface area contributed by atoms with Gasteiger partial charge in [0.1, 0.15) is 5.83 Å². The molecule has 0 aromatic heterocycles. The summed E-state index contributed by atoms with van der Waals surface area (Å²) in [6.45, 7) is 6.92. The van der Waals surface area contributed by atoms with Gasteiger partial charge in [-0.1, -0.05) is 0 Å². The molecule has 0 fully saturated rings. The largest absolute Gasteiger partial charge is 0.212 e. The summed E-state index contributed by atoms with van der Waals surface area (Å²) in [6, 6.07) is 0. The van der Waals surface area contributed by atoms with Gasteiger partial charge in [-0.15, -0.1) is 0 Å². The number of hydrogen-bond acceptors (Lipinski definition) is 0. The van der Waals surface area contributed by atoms with Crippen LogP contribution < -0.4 is 0 Å². The Labute approximate surface area is 24.9 Å². The highest BCUT2D eigenvalue weighted by atomic mass is 19.1. The van der Waals surface area contributed by atoms with Crippen molar-refractivity contribution < 1.29 is 4.39 Å². The Morgan fingerprint density at radius 2 is 2.00 bits per heavy atom. The van der Waals surface area contributed by atoms with Crippen LogP contribution in [0.1, 0.15) is 0 Å². The van der Waals surface area contributed by atoms with Gasteiger partial charge in [0.2, 0.25) is 0 Å². The quantitative estimate of drug-likeness (QED) is 0.391. The van der Waals surface area contributed by atoms with Gasteiger partial charge >= 0.3 is 0 Å². The van der Waals surface area contributed by atoms with E-state index in [0.717, 1.165) is 0 Å². The Kier molecular flexibility index (Phi) is 0.958. The van der Waals surface area contributed by atoms with Crippen LogP contribution in [0, 0.1) is 13.5 Å². The molecule has 0 aliphatic carbocycles. The molecular weight excluding hydrogens is 55.0 g/mol. The molecule has 22 valence electrons. The third-order valence-corrected chi connectivity index (χ3v) is 0. The molecule has 0 saturated heterocycles. The molecule has 0 aromatic rings. The average molecular weight is 58.1 g/mol. The topological polar surface area (TPSA) is 0 Å². The van der Waals surface area contributed by atoms with E-state index in [1.165, 1.54) is 0 Å². The standard InChI is InChI=1S/C3H3F/c1-3(2)4/h1H,2H2. The van der Waals surface area contributed by atoms with Gasteiger partial charge in [-0.2, -0.15) is 0 Å². The summed E-state index contributed by atoms with van der Waals surface area (Å²) in [5.41, 5.74) is 0. The Balaban J connectivity index is 2.80. The van der Waals surface area contributed by atoms with Crippen LogP contribution in [-0.4, -0.2) is 0 Å². The molecule has 0 rings (SSSR count). The molecular formula is C3H3F. The monoisotopic (exact) mass is 58.0 g/mol. The van der Waals surface area contributed by atoms with Crippen LogP contribution >= 0.6 is 0 Å². The summed E-state index contributed by atoms with van der Waals surface area (Å²) in [6.07, 6.45) is 0. The first-order valence-corrected chi connectivity index (χ1v) is 0.831. The fourth-order valence-electron chi connectivity index (χ4n) is 0. The number of hydrogen-bond donors (Lipinski definition) is 0. The average Bonchev–Trinajstić information content (AvgIpc) is 0.811. The predicted molar refractivity (Wildman–Crippen MR) is 14.3 cm³/mol. The first-order valence-electron chi connectivity index (χ1n) is 0.831. The van der Waals surface area contributed by atoms with E-state index in [-0.39, 0.29) is 0 Å². The lowest BCUT2D eigenvalue weighted by atomic mass is 10.7. The molecule has 1 heteroatoms. The second-order valence-corrected chi connectivity index (χ2v) is 0.447. The first-order chi connectivity index (χ1) is 1.73. The maximum Gasteiger partial charge on any atom is 0.100 e. The van der Waals surface area contributed by atoms with Crippen molar-refractivity contribution in [2.45, 2.75) is 0 Å². The van der Waals surface area contributed by atoms with Gasteiger partial charge in [0.15, 0.2) is 0 Å². The van der Waals surface area contributed by atoms with Gasteiger partial charge in [0, 0.05) is 6.92 Å². The van der Waals surface area contributed by atoms with Crippen molar-refractivity contribution in [1.29, 1.82) is 0 Å². The normalized spacial score (nSPS) is 6.50. The van der Waals surface area contributed by atoms with Crippen molar-refractivity contribution in [3.63, 3.8) is 0 Å². The minimum Gasteiger partial charge on any atom is -0.212 e.